The van der Waals surface area contributed by atoms with Crippen molar-refractivity contribution in [1.82, 2.24) is 14.3 Å². The Labute approximate surface area is 149 Å². The summed E-state index contributed by atoms with van der Waals surface area (Å²) in [5.41, 5.74) is 0.129. The minimum atomic E-state index is -0.400. The van der Waals surface area contributed by atoms with E-state index in [2.05, 4.69) is 4.98 Å². The van der Waals surface area contributed by atoms with Crippen LogP contribution in [0.3, 0.4) is 0 Å². The van der Waals surface area contributed by atoms with E-state index in [1.54, 1.807) is 31.4 Å². The molecule has 0 aliphatic carbocycles. The number of nitrogens with zero attached hydrogens (tertiary/aromatic N) is 3. The van der Waals surface area contributed by atoms with E-state index in [0.717, 1.165) is 0 Å². The Hall–Kier alpha value is -3.35. The second kappa shape index (κ2) is 6.51. The van der Waals surface area contributed by atoms with Gasteiger partial charge in [-0.15, -0.1) is 0 Å². The lowest BCUT2D eigenvalue weighted by molar-refractivity contribution is 0.0519. The highest BCUT2D eigenvalue weighted by atomic mass is 16.6. The average Bonchev–Trinajstić information content (AvgIpc) is 2.68. The lowest BCUT2D eigenvalue weighted by Crippen LogP contribution is -2.43. The first kappa shape index (κ1) is 16.1. The average molecular weight is 351 g/mol. The summed E-state index contributed by atoms with van der Waals surface area (Å²) in [6, 6.07) is 12.6. The van der Waals surface area contributed by atoms with Gasteiger partial charge in [-0.1, -0.05) is 18.2 Å². The zero-order valence-corrected chi connectivity index (χ0v) is 14.2. The molecule has 1 aromatic carbocycles. The summed E-state index contributed by atoms with van der Waals surface area (Å²) in [6.07, 6.45) is 2.61. The monoisotopic (exact) mass is 351 g/mol. The van der Waals surface area contributed by atoms with Crippen LogP contribution in [0.1, 0.15) is 10.4 Å². The van der Waals surface area contributed by atoms with Gasteiger partial charge in [-0.05, 0) is 24.3 Å². The predicted octanol–water partition coefficient (Wildman–Crippen LogP) is 1.61. The third-order valence-electron chi connectivity index (χ3n) is 4.24. The number of para-hydroxylation sites is 2. The molecule has 0 radical (unpaired) electrons. The van der Waals surface area contributed by atoms with Gasteiger partial charge in [0.1, 0.15) is 17.8 Å². The third kappa shape index (κ3) is 2.88. The first-order valence-corrected chi connectivity index (χ1v) is 8.24. The Bertz CT molecular complexity index is 1030. The van der Waals surface area contributed by atoms with Gasteiger partial charge in [-0.25, -0.2) is 4.98 Å². The molecule has 1 aliphatic heterocycles. The number of benzene rings is 1. The first-order chi connectivity index (χ1) is 12.6. The fourth-order valence-electron chi connectivity index (χ4n) is 2.92. The number of carbonyl (C=O) groups excluding carboxylic acids is 1. The predicted molar refractivity (Wildman–Crippen MR) is 94.8 cm³/mol. The molecule has 7 nitrogen and oxygen atoms in total. The Morgan fingerprint density at radius 2 is 2.00 bits per heavy atom. The molecule has 26 heavy (non-hydrogen) atoms. The van der Waals surface area contributed by atoms with Crippen LogP contribution in [0, 0.1) is 0 Å². The Morgan fingerprint density at radius 1 is 1.23 bits per heavy atom. The van der Waals surface area contributed by atoms with Crippen molar-refractivity contribution in [2.75, 3.05) is 20.2 Å². The fraction of sp³-hybridized carbons (Fsp3) is 0.211. The van der Waals surface area contributed by atoms with Gasteiger partial charge in [0.2, 0.25) is 0 Å². The van der Waals surface area contributed by atoms with Crippen molar-refractivity contribution in [3.63, 3.8) is 0 Å². The molecule has 1 unspecified atom stereocenters. The van der Waals surface area contributed by atoms with Crippen LogP contribution in [0.15, 0.2) is 59.7 Å². The molecule has 0 spiro atoms. The molecular formula is C19H17N3O4. The Morgan fingerprint density at radius 3 is 2.85 bits per heavy atom. The second-order valence-electron chi connectivity index (χ2n) is 6.09. The van der Waals surface area contributed by atoms with Crippen LogP contribution in [0.25, 0.3) is 5.65 Å². The van der Waals surface area contributed by atoms with E-state index in [-0.39, 0.29) is 11.7 Å². The molecule has 0 bridgehead atoms. The SMILES string of the molecule is CN(CC1COc2ccccc2O1)C(=O)c1cnc2ccccn2c1=O. The number of hydrogen-bond donors (Lipinski definition) is 0. The van der Waals surface area contributed by atoms with E-state index in [1.807, 2.05) is 24.3 Å². The highest BCUT2D eigenvalue weighted by Crippen LogP contribution is 2.30. The van der Waals surface area contributed by atoms with Crippen molar-refractivity contribution < 1.29 is 14.3 Å². The normalized spacial score (nSPS) is 15.7. The van der Waals surface area contributed by atoms with E-state index in [4.69, 9.17) is 9.47 Å². The highest BCUT2D eigenvalue weighted by Gasteiger charge is 2.25. The molecule has 0 saturated carbocycles. The summed E-state index contributed by atoms with van der Waals surface area (Å²) in [6.45, 7) is 0.633. The van der Waals surface area contributed by atoms with E-state index in [1.165, 1.54) is 15.5 Å². The molecule has 1 atom stereocenters. The second-order valence-corrected chi connectivity index (χ2v) is 6.09. The molecule has 7 heteroatoms. The molecular weight excluding hydrogens is 334 g/mol. The van der Waals surface area contributed by atoms with Gasteiger partial charge < -0.3 is 14.4 Å². The van der Waals surface area contributed by atoms with E-state index < -0.39 is 11.5 Å². The van der Waals surface area contributed by atoms with Crippen LogP contribution < -0.4 is 15.0 Å². The van der Waals surface area contributed by atoms with Crippen LogP contribution in [0.4, 0.5) is 0 Å². The molecule has 3 aromatic rings. The maximum atomic E-state index is 12.7. The topological polar surface area (TPSA) is 73.1 Å². The number of likely N-dealkylation sites (N-methyl/N-ethyl adjacent to an activating group) is 1. The number of hydrogen-bond acceptors (Lipinski definition) is 5. The number of rotatable bonds is 3. The smallest absolute Gasteiger partial charge is 0.270 e. The number of pyridine rings is 1. The summed E-state index contributed by atoms with van der Waals surface area (Å²) in [7, 11) is 1.63. The number of amides is 1. The van der Waals surface area contributed by atoms with Crippen molar-refractivity contribution >= 4 is 11.6 Å². The number of aromatic nitrogens is 2. The van der Waals surface area contributed by atoms with Gasteiger partial charge in [0.05, 0.1) is 6.54 Å². The maximum Gasteiger partial charge on any atom is 0.270 e. The van der Waals surface area contributed by atoms with Gasteiger partial charge in [0.15, 0.2) is 17.6 Å². The van der Waals surface area contributed by atoms with Gasteiger partial charge >= 0.3 is 0 Å². The van der Waals surface area contributed by atoms with Crippen LogP contribution in [-0.4, -0.2) is 46.5 Å². The van der Waals surface area contributed by atoms with Gasteiger partial charge in [0.25, 0.3) is 11.5 Å². The first-order valence-electron chi connectivity index (χ1n) is 8.24. The van der Waals surface area contributed by atoms with Crippen LogP contribution in [-0.2, 0) is 0 Å². The van der Waals surface area contributed by atoms with Crippen molar-refractivity contribution in [2.45, 2.75) is 6.10 Å². The fourth-order valence-corrected chi connectivity index (χ4v) is 2.92. The number of fused-ring (bicyclic) bond motifs is 2. The van der Waals surface area contributed by atoms with Crippen molar-refractivity contribution in [3.05, 3.63) is 70.8 Å². The minimum absolute atomic E-state index is 0.0216. The van der Waals surface area contributed by atoms with Gasteiger partial charge in [-0.2, -0.15) is 0 Å². The lowest BCUT2D eigenvalue weighted by atomic mass is 10.2. The molecule has 2 aromatic heterocycles. The zero-order chi connectivity index (χ0) is 18.1. The quantitative estimate of drug-likeness (QED) is 0.717. The molecule has 132 valence electrons. The zero-order valence-electron chi connectivity index (χ0n) is 14.2. The van der Waals surface area contributed by atoms with E-state index >= 15 is 0 Å². The molecule has 1 aliphatic rings. The van der Waals surface area contributed by atoms with Crippen molar-refractivity contribution in [2.24, 2.45) is 0 Å². The molecule has 0 fully saturated rings. The van der Waals surface area contributed by atoms with Crippen LogP contribution in [0.2, 0.25) is 0 Å². The summed E-state index contributed by atoms with van der Waals surface area (Å²) in [4.78, 5) is 30.9. The highest BCUT2D eigenvalue weighted by molar-refractivity contribution is 5.93. The van der Waals surface area contributed by atoms with Crippen molar-refractivity contribution in [3.8, 4) is 11.5 Å². The van der Waals surface area contributed by atoms with Crippen molar-refractivity contribution in [1.29, 1.82) is 0 Å². The largest absolute Gasteiger partial charge is 0.486 e. The molecule has 4 rings (SSSR count). The van der Waals surface area contributed by atoms with E-state index in [9.17, 15) is 9.59 Å². The Balaban J connectivity index is 1.52. The standard InChI is InChI=1S/C19H17N3O4/c1-21(11-13-12-25-15-6-2-3-7-16(15)26-13)18(23)14-10-20-17-8-4-5-9-22(17)19(14)24/h2-10,13H,11-12H2,1H3. The summed E-state index contributed by atoms with van der Waals surface area (Å²) in [5.74, 6) is 0.940. The number of carbonyl (C=O) groups is 1. The summed E-state index contributed by atoms with van der Waals surface area (Å²) >= 11 is 0. The van der Waals surface area contributed by atoms with Crippen LogP contribution >= 0.6 is 0 Å². The van der Waals surface area contributed by atoms with Gasteiger partial charge in [0, 0.05) is 19.4 Å². The maximum absolute atomic E-state index is 12.7. The Kier molecular flexibility index (Phi) is 4.04. The molecule has 1 amide bonds. The molecule has 0 saturated heterocycles. The summed E-state index contributed by atoms with van der Waals surface area (Å²) in [5, 5.41) is 0. The molecule has 3 heterocycles. The van der Waals surface area contributed by atoms with Crippen LogP contribution in [0.5, 0.6) is 11.5 Å². The summed E-state index contributed by atoms with van der Waals surface area (Å²) < 4.78 is 12.9. The molecule has 0 N–H and O–H groups in total. The minimum Gasteiger partial charge on any atom is -0.486 e. The third-order valence-corrected chi connectivity index (χ3v) is 4.24. The number of ether oxygens (including phenoxy) is 2. The van der Waals surface area contributed by atoms with Gasteiger partial charge in [-0.3, -0.25) is 14.0 Å². The lowest BCUT2D eigenvalue weighted by Gasteiger charge is -2.29. The van der Waals surface area contributed by atoms with E-state index in [0.29, 0.717) is 30.3 Å².